The van der Waals surface area contributed by atoms with Crippen molar-refractivity contribution in [2.24, 2.45) is 0 Å². The standard InChI is InChI=1S/C20H23ClN2O2/c1-16-5-2-3-8-19(16)22-10-12-23(13-11-22)20(24)25-14-9-17-6-4-7-18(21)15-17/h2-8,15H,9-14H2,1H3. The minimum absolute atomic E-state index is 0.230. The molecule has 2 aromatic carbocycles. The summed E-state index contributed by atoms with van der Waals surface area (Å²) in [6.45, 7) is 5.51. The van der Waals surface area contributed by atoms with Gasteiger partial charge >= 0.3 is 6.09 Å². The van der Waals surface area contributed by atoms with Gasteiger partial charge in [0, 0.05) is 43.3 Å². The molecule has 0 saturated carbocycles. The summed E-state index contributed by atoms with van der Waals surface area (Å²) in [4.78, 5) is 16.3. The van der Waals surface area contributed by atoms with Crippen LogP contribution in [0.2, 0.25) is 5.02 Å². The predicted molar refractivity (Wildman–Crippen MR) is 101 cm³/mol. The summed E-state index contributed by atoms with van der Waals surface area (Å²) in [6.07, 6.45) is 0.446. The van der Waals surface area contributed by atoms with Crippen LogP contribution in [0.5, 0.6) is 0 Å². The Bertz CT molecular complexity index is 727. The molecule has 0 bridgehead atoms. The Morgan fingerprint density at radius 1 is 1.08 bits per heavy atom. The van der Waals surface area contributed by atoms with Gasteiger partial charge in [0.2, 0.25) is 0 Å². The van der Waals surface area contributed by atoms with Crippen LogP contribution in [0.4, 0.5) is 10.5 Å². The lowest BCUT2D eigenvalue weighted by molar-refractivity contribution is 0.101. The van der Waals surface area contributed by atoms with E-state index in [-0.39, 0.29) is 6.09 Å². The lowest BCUT2D eigenvalue weighted by Crippen LogP contribution is -2.49. The minimum atomic E-state index is -0.230. The van der Waals surface area contributed by atoms with Crippen molar-refractivity contribution in [1.82, 2.24) is 4.90 Å². The molecule has 0 N–H and O–H groups in total. The van der Waals surface area contributed by atoms with Crippen LogP contribution < -0.4 is 4.90 Å². The van der Waals surface area contributed by atoms with Gasteiger partial charge in [-0.25, -0.2) is 4.79 Å². The Kier molecular flexibility index (Phi) is 5.82. The largest absolute Gasteiger partial charge is 0.449 e. The van der Waals surface area contributed by atoms with Crippen molar-refractivity contribution in [1.29, 1.82) is 0 Å². The SMILES string of the molecule is Cc1ccccc1N1CCN(C(=O)OCCc2cccc(Cl)c2)CC1. The predicted octanol–water partition coefficient (Wildman–Crippen LogP) is 4.15. The monoisotopic (exact) mass is 358 g/mol. The van der Waals surface area contributed by atoms with E-state index in [1.807, 2.05) is 30.3 Å². The van der Waals surface area contributed by atoms with E-state index in [1.54, 1.807) is 4.90 Å². The van der Waals surface area contributed by atoms with Crippen LogP contribution in [0, 0.1) is 6.92 Å². The van der Waals surface area contributed by atoms with Crippen LogP contribution in [-0.4, -0.2) is 43.8 Å². The fourth-order valence-electron chi connectivity index (χ4n) is 3.09. The van der Waals surface area contributed by atoms with Crippen molar-refractivity contribution in [3.8, 4) is 0 Å². The lowest BCUT2D eigenvalue weighted by Gasteiger charge is -2.36. The first-order chi connectivity index (χ1) is 12.1. The zero-order valence-corrected chi connectivity index (χ0v) is 15.2. The molecule has 3 rings (SSSR count). The fourth-order valence-corrected chi connectivity index (χ4v) is 3.30. The van der Waals surface area contributed by atoms with Gasteiger partial charge < -0.3 is 14.5 Å². The molecule has 1 fully saturated rings. The highest BCUT2D eigenvalue weighted by Gasteiger charge is 2.22. The van der Waals surface area contributed by atoms with E-state index >= 15 is 0 Å². The van der Waals surface area contributed by atoms with Crippen LogP contribution in [0.1, 0.15) is 11.1 Å². The Hall–Kier alpha value is -2.20. The third kappa shape index (κ3) is 4.67. The molecule has 2 aromatic rings. The maximum atomic E-state index is 12.2. The second kappa shape index (κ2) is 8.26. The first-order valence-electron chi connectivity index (χ1n) is 8.60. The third-order valence-corrected chi connectivity index (χ3v) is 4.73. The summed E-state index contributed by atoms with van der Waals surface area (Å²) in [6, 6.07) is 16.0. The Morgan fingerprint density at radius 2 is 1.84 bits per heavy atom. The van der Waals surface area contributed by atoms with Gasteiger partial charge in [-0.3, -0.25) is 0 Å². The van der Waals surface area contributed by atoms with E-state index in [4.69, 9.17) is 16.3 Å². The van der Waals surface area contributed by atoms with Gasteiger partial charge in [-0.05, 0) is 36.2 Å². The number of para-hydroxylation sites is 1. The number of rotatable bonds is 4. The molecule has 25 heavy (non-hydrogen) atoms. The Labute approximate surface area is 154 Å². The first-order valence-corrected chi connectivity index (χ1v) is 8.98. The molecule has 5 heteroatoms. The Morgan fingerprint density at radius 3 is 2.56 bits per heavy atom. The molecule has 1 amide bonds. The first kappa shape index (κ1) is 17.6. The van der Waals surface area contributed by atoms with Crippen LogP contribution in [0.25, 0.3) is 0 Å². The van der Waals surface area contributed by atoms with E-state index in [0.29, 0.717) is 31.1 Å². The number of carbonyl (C=O) groups is 1. The normalized spacial score (nSPS) is 14.5. The number of nitrogens with zero attached hydrogens (tertiary/aromatic N) is 2. The Balaban J connectivity index is 1.45. The number of carbonyl (C=O) groups excluding carboxylic acids is 1. The van der Waals surface area contributed by atoms with E-state index in [0.717, 1.165) is 18.7 Å². The molecule has 1 aliphatic heterocycles. The summed E-state index contributed by atoms with van der Waals surface area (Å²) >= 11 is 5.96. The molecule has 0 radical (unpaired) electrons. The summed E-state index contributed by atoms with van der Waals surface area (Å²) in [5, 5.41) is 0.705. The van der Waals surface area contributed by atoms with Crippen molar-refractivity contribution >= 4 is 23.4 Å². The maximum Gasteiger partial charge on any atom is 0.409 e. The van der Waals surface area contributed by atoms with Crippen LogP contribution in [-0.2, 0) is 11.2 Å². The topological polar surface area (TPSA) is 32.8 Å². The molecule has 4 nitrogen and oxygen atoms in total. The lowest BCUT2D eigenvalue weighted by atomic mass is 10.1. The van der Waals surface area contributed by atoms with Gasteiger partial charge in [0.05, 0.1) is 6.61 Å². The molecular weight excluding hydrogens is 336 g/mol. The molecule has 0 unspecified atom stereocenters. The van der Waals surface area contributed by atoms with Gasteiger partial charge in [-0.1, -0.05) is 41.9 Å². The summed E-state index contributed by atoms with van der Waals surface area (Å²) in [5.74, 6) is 0. The summed E-state index contributed by atoms with van der Waals surface area (Å²) < 4.78 is 5.42. The smallest absolute Gasteiger partial charge is 0.409 e. The zero-order chi connectivity index (χ0) is 17.6. The average molecular weight is 359 g/mol. The molecular formula is C20H23ClN2O2. The third-order valence-electron chi connectivity index (χ3n) is 4.50. The molecule has 0 atom stereocenters. The van der Waals surface area contributed by atoms with Crippen LogP contribution >= 0.6 is 11.6 Å². The molecule has 1 saturated heterocycles. The van der Waals surface area contributed by atoms with Crippen molar-refractivity contribution in [3.63, 3.8) is 0 Å². The highest BCUT2D eigenvalue weighted by atomic mass is 35.5. The number of aryl methyl sites for hydroxylation is 1. The summed E-state index contributed by atoms with van der Waals surface area (Å²) in [5.41, 5.74) is 3.58. The van der Waals surface area contributed by atoms with Crippen molar-refractivity contribution in [2.45, 2.75) is 13.3 Å². The maximum absolute atomic E-state index is 12.2. The van der Waals surface area contributed by atoms with Crippen molar-refractivity contribution in [2.75, 3.05) is 37.7 Å². The zero-order valence-electron chi connectivity index (χ0n) is 14.5. The van der Waals surface area contributed by atoms with Crippen molar-refractivity contribution in [3.05, 3.63) is 64.7 Å². The number of piperazine rings is 1. The minimum Gasteiger partial charge on any atom is -0.449 e. The van der Waals surface area contributed by atoms with Gasteiger partial charge in [0.15, 0.2) is 0 Å². The number of hydrogen-bond acceptors (Lipinski definition) is 3. The number of anilines is 1. The van der Waals surface area contributed by atoms with E-state index in [1.165, 1.54) is 11.3 Å². The van der Waals surface area contributed by atoms with E-state index < -0.39 is 0 Å². The second-order valence-electron chi connectivity index (χ2n) is 6.25. The van der Waals surface area contributed by atoms with E-state index in [9.17, 15) is 4.79 Å². The number of halogens is 1. The molecule has 0 spiro atoms. The number of ether oxygens (including phenoxy) is 1. The average Bonchev–Trinajstić information content (AvgIpc) is 2.62. The van der Waals surface area contributed by atoms with Gasteiger partial charge in [-0.2, -0.15) is 0 Å². The fraction of sp³-hybridized carbons (Fsp3) is 0.350. The molecule has 132 valence electrons. The van der Waals surface area contributed by atoms with E-state index in [2.05, 4.69) is 30.0 Å². The highest BCUT2D eigenvalue weighted by molar-refractivity contribution is 6.30. The number of hydrogen-bond donors (Lipinski definition) is 0. The molecule has 1 heterocycles. The number of amides is 1. The van der Waals surface area contributed by atoms with Gasteiger partial charge in [0.1, 0.15) is 0 Å². The summed E-state index contributed by atoms with van der Waals surface area (Å²) in [7, 11) is 0. The molecule has 1 aliphatic rings. The quantitative estimate of drug-likeness (QED) is 0.823. The highest BCUT2D eigenvalue weighted by Crippen LogP contribution is 2.21. The molecule has 0 aliphatic carbocycles. The number of benzene rings is 2. The second-order valence-corrected chi connectivity index (χ2v) is 6.69. The van der Waals surface area contributed by atoms with Crippen molar-refractivity contribution < 1.29 is 9.53 Å². The van der Waals surface area contributed by atoms with Gasteiger partial charge in [-0.15, -0.1) is 0 Å². The van der Waals surface area contributed by atoms with Crippen LogP contribution in [0.15, 0.2) is 48.5 Å². The van der Waals surface area contributed by atoms with Gasteiger partial charge in [0.25, 0.3) is 0 Å². The molecule has 0 aromatic heterocycles. The van der Waals surface area contributed by atoms with Crippen LogP contribution in [0.3, 0.4) is 0 Å².